The van der Waals surface area contributed by atoms with Crippen molar-refractivity contribution in [2.75, 3.05) is 19.6 Å². The molecule has 2 rings (SSSR count). The number of aliphatic hydroxyl groups is 1. The van der Waals surface area contributed by atoms with Gasteiger partial charge < -0.3 is 10.0 Å². The van der Waals surface area contributed by atoms with Gasteiger partial charge in [0.25, 0.3) is 0 Å². The summed E-state index contributed by atoms with van der Waals surface area (Å²) in [6, 6.07) is 2.64. The molecular weight excluding hydrogens is 223 g/mol. The second kappa shape index (κ2) is 5.33. The molecule has 0 radical (unpaired) electrons. The van der Waals surface area contributed by atoms with Gasteiger partial charge in [0.2, 0.25) is 0 Å². The van der Waals surface area contributed by atoms with Crippen LogP contribution in [-0.2, 0) is 0 Å². The first-order valence-corrected chi connectivity index (χ1v) is 5.70. The Hall–Kier alpha value is -1.33. The average Bonchev–Trinajstić information content (AvgIpc) is 2.73. The molecule has 1 N–H and O–H groups in total. The Bertz CT molecular complexity index is 394. The molecule has 0 saturated carbocycles. The highest BCUT2D eigenvalue weighted by molar-refractivity contribution is 5.94. The van der Waals surface area contributed by atoms with Crippen LogP contribution in [0, 0.1) is 5.82 Å². The van der Waals surface area contributed by atoms with Gasteiger partial charge in [-0.25, -0.2) is 4.39 Å². The van der Waals surface area contributed by atoms with Crippen LogP contribution in [0.2, 0.25) is 0 Å². The summed E-state index contributed by atoms with van der Waals surface area (Å²) in [5.74, 6) is -0.532. The van der Waals surface area contributed by atoms with Crippen molar-refractivity contribution in [1.29, 1.82) is 0 Å². The van der Waals surface area contributed by atoms with Gasteiger partial charge in [-0.2, -0.15) is 0 Å². The number of rotatable bonds is 4. The van der Waals surface area contributed by atoms with Crippen LogP contribution in [0.25, 0.3) is 0 Å². The van der Waals surface area contributed by atoms with Crippen molar-refractivity contribution in [1.82, 2.24) is 9.88 Å². The summed E-state index contributed by atoms with van der Waals surface area (Å²) < 4.78 is 12.6. The first kappa shape index (κ1) is 12.1. The summed E-state index contributed by atoms with van der Waals surface area (Å²) >= 11 is 0. The van der Waals surface area contributed by atoms with E-state index in [2.05, 4.69) is 4.98 Å². The number of Topliss-reactive ketones (excluding diaryl/α,β-unsaturated/α-hetero) is 1. The maximum Gasteiger partial charge on any atom is 0.182 e. The lowest BCUT2D eigenvalue weighted by molar-refractivity contribution is 0.0959. The van der Waals surface area contributed by atoms with Gasteiger partial charge >= 0.3 is 0 Å². The number of hydrogen-bond donors (Lipinski definition) is 1. The molecule has 0 amide bonds. The molecule has 1 aliphatic rings. The zero-order chi connectivity index (χ0) is 12.3. The number of ketones is 1. The van der Waals surface area contributed by atoms with Crippen LogP contribution in [-0.4, -0.2) is 46.5 Å². The standard InChI is InChI=1S/C12H15FN2O2/c13-9-1-2-11(14-7-9)12(17)4-6-15-5-3-10(16)8-15/h1-2,7,10,16H,3-6,8H2. The average molecular weight is 238 g/mol. The molecule has 0 aliphatic carbocycles. The van der Waals surface area contributed by atoms with Crippen molar-refractivity contribution in [2.45, 2.75) is 18.9 Å². The summed E-state index contributed by atoms with van der Waals surface area (Å²) in [5, 5.41) is 9.33. The molecule has 0 bridgehead atoms. The van der Waals surface area contributed by atoms with Crippen LogP contribution >= 0.6 is 0 Å². The summed E-state index contributed by atoms with van der Waals surface area (Å²) in [6.45, 7) is 2.07. The fourth-order valence-electron chi connectivity index (χ4n) is 1.94. The molecule has 1 aliphatic heterocycles. The monoisotopic (exact) mass is 238 g/mol. The van der Waals surface area contributed by atoms with Gasteiger partial charge in [-0.15, -0.1) is 0 Å². The normalized spacial score (nSPS) is 20.7. The quantitative estimate of drug-likeness (QED) is 0.790. The van der Waals surface area contributed by atoms with Gasteiger partial charge in [0.15, 0.2) is 5.78 Å². The highest BCUT2D eigenvalue weighted by Crippen LogP contribution is 2.10. The van der Waals surface area contributed by atoms with Crippen LogP contribution in [0.15, 0.2) is 18.3 Å². The molecule has 4 nitrogen and oxygen atoms in total. The number of aliphatic hydroxyl groups excluding tert-OH is 1. The molecule has 1 saturated heterocycles. The Balaban J connectivity index is 1.83. The summed E-state index contributed by atoms with van der Waals surface area (Å²) in [4.78, 5) is 17.5. The fraction of sp³-hybridized carbons (Fsp3) is 0.500. The van der Waals surface area contributed by atoms with Gasteiger partial charge in [-0.05, 0) is 18.6 Å². The van der Waals surface area contributed by atoms with E-state index in [-0.39, 0.29) is 11.9 Å². The number of pyridine rings is 1. The van der Waals surface area contributed by atoms with Gasteiger partial charge in [-0.3, -0.25) is 9.78 Å². The maximum atomic E-state index is 12.6. The van der Waals surface area contributed by atoms with E-state index in [1.807, 2.05) is 4.90 Å². The SMILES string of the molecule is O=C(CCN1CCC(O)C1)c1ccc(F)cn1. The van der Waals surface area contributed by atoms with Crippen LogP contribution in [0.5, 0.6) is 0 Å². The lowest BCUT2D eigenvalue weighted by atomic mass is 10.2. The first-order chi connectivity index (χ1) is 8.15. The second-order valence-corrected chi connectivity index (χ2v) is 4.28. The van der Waals surface area contributed by atoms with Crippen LogP contribution < -0.4 is 0 Å². The molecule has 0 spiro atoms. The number of halogens is 1. The molecule has 1 aromatic rings. The maximum absolute atomic E-state index is 12.6. The minimum Gasteiger partial charge on any atom is -0.392 e. The Labute approximate surface area is 99.1 Å². The Morgan fingerprint density at radius 1 is 1.59 bits per heavy atom. The van der Waals surface area contributed by atoms with E-state index in [0.717, 1.165) is 19.2 Å². The van der Waals surface area contributed by atoms with Gasteiger partial charge in [0.1, 0.15) is 11.5 Å². The number of likely N-dealkylation sites (tertiary alicyclic amines) is 1. The van der Waals surface area contributed by atoms with Crippen LogP contribution in [0.1, 0.15) is 23.3 Å². The smallest absolute Gasteiger partial charge is 0.182 e. The Kier molecular flexibility index (Phi) is 3.81. The van der Waals surface area contributed by atoms with Crippen molar-refractivity contribution in [3.8, 4) is 0 Å². The van der Waals surface area contributed by atoms with Gasteiger partial charge in [0, 0.05) is 26.1 Å². The number of carbonyl (C=O) groups is 1. The predicted octanol–water partition coefficient (Wildman–Crippen LogP) is 0.860. The molecule has 17 heavy (non-hydrogen) atoms. The third-order valence-electron chi connectivity index (χ3n) is 2.92. The lowest BCUT2D eigenvalue weighted by Crippen LogP contribution is -2.25. The van der Waals surface area contributed by atoms with Crippen LogP contribution in [0.4, 0.5) is 4.39 Å². The molecule has 1 unspecified atom stereocenters. The third-order valence-corrected chi connectivity index (χ3v) is 2.92. The lowest BCUT2D eigenvalue weighted by Gasteiger charge is -2.13. The fourth-order valence-corrected chi connectivity index (χ4v) is 1.94. The van der Waals surface area contributed by atoms with Crippen molar-refractivity contribution in [2.24, 2.45) is 0 Å². The van der Waals surface area contributed by atoms with Crippen molar-refractivity contribution < 1.29 is 14.3 Å². The van der Waals surface area contributed by atoms with E-state index in [1.54, 1.807) is 0 Å². The Morgan fingerprint density at radius 3 is 3.00 bits per heavy atom. The first-order valence-electron chi connectivity index (χ1n) is 5.70. The van der Waals surface area contributed by atoms with Crippen LogP contribution in [0.3, 0.4) is 0 Å². The summed E-state index contributed by atoms with van der Waals surface area (Å²) in [7, 11) is 0. The number of nitrogens with zero attached hydrogens (tertiary/aromatic N) is 2. The molecule has 92 valence electrons. The summed E-state index contributed by atoms with van der Waals surface area (Å²) in [6.07, 6.45) is 1.90. The van der Waals surface area contributed by atoms with E-state index < -0.39 is 5.82 Å². The summed E-state index contributed by atoms with van der Waals surface area (Å²) in [5.41, 5.74) is 0.297. The third kappa shape index (κ3) is 3.31. The molecule has 1 atom stereocenters. The van der Waals surface area contributed by atoms with Gasteiger partial charge in [0.05, 0.1) is 12.3 Å². The topological polar surface area (TPSA) is 53.4 Å². The number of hydrogen-bond acceptors (Lipinski definition) is 4. The Morgan fingerprint density at radius 2 is 2.41 bits per heavy atom. The van der Waals surface area contributed by atoms with Gasteiger partial charge in [-0.1, -0.05) is 0 Å². The van der Waals surface area contributed by atoms with Crippen molar-refractivity contribution >= 4 is 5.78 Å². The molecule has 0 aromatic carbocycles. The molecule has 5 heteroatoms. The zero-order valence-electron chi connectivity index (χ0n) is 9.47. The highest BCUT2D eigenvalue weighted by Gasteiger charge is 2.20. The minimum atomic E-state index is -0.441. The highest BCUT2D eigenvalue weighted by atomic mass is 19.1. The molecule has 2 heterocycles. The zero-order valence-corrected chi connectivity index (χ0v) is 9.47. The molecular formula is C12H15FN2O2. The van der Waals surface area contributed by atoms with E-state index >= 15 is 0 Å². The van der Waals surface area contributed by atoms with E-state index in [9.17, 15) is 14.3 Å². The molecule has 1 fully saturated rings. The minimum absolute atomic E-state index is 0.0913. The largest absolute Gasteiger partial charge is 0.392 e. The van der Waals surface area contributed by atoms with E-state index in [4.69, 9.17) is 0 Å². The predicted molar refractivity (Wildman–Crippen MR) is 60.2 cm³/mol. The number of carbonyl (C=O) groups excluding carboxylic acids is 1. The number of aromatic nitrogens is 1. The molecule has 1 aromatic heterocycles. The second-order valence-electron chi connectivity index (χ2n) is 4.28. The van der Waals surface area contributed by atoms with Crippen molar-refractivity contribution in [3.63, 3.8) is 0 Å². The van der Waals surface area contributed by atoms with E-state index in [1.165, 1.54) is 12.1 Å². The van der Waals surface area contributed by atoms with Crippen molar-refractivity contribution in [3.05, 3.63) is 29.8 Å². The number of β-amino-alcohol motifs (C(OH)–C–C–N with tert-alkyl or cyclic N) is 1. The van der Waals surface area contributed by atoms with E-state index in [0.29, 0.717) is 25.2 Å².